The molecule has 0 bridgehead atoms. The summed E-state index contributed by atoms with van der Waals surface area (Å²) in [6.45, 7) is 1.99. The Morgan fingerprint density at radius 1 is 1.16 bits per heavy atom. The van der Waals surface area contributed by atoms with Gasteiger partial charge in [-0.2, -0.15) is 9.47 Å². The Bertz CT molecular complexity index is 885. The lowest BCUT2D eigenvalue weighted by Crippen LogP contribution is -2.06. The number of nitrogens with two attached hydrogens (primary N) is 1. The quantitative estimate of drug-likeness (QED) is 0.404. The predicted octanol–water partition coefficient (Wildman–Crippen LogP) is 4.70. The second kappa shape index (κ2) is 8.60. The summed E-state index contributed by atoms with van der Waals surface area (Å²) in [5.74, 6) is 0.780. The number of nitrogens with zero attached hydrogens (tertiary/aromatic N) is 3. The molecule has 25 heavy (non-hydrogen) atoms. The van der Waals surface area contributed by atoms with Crippen LogP contribution in [0.3, 0.4) is 0 Å². The molecule has 0 spiro atoms. The van der Waals surface area contributed by atoms with E-state index in [9.17, 15) is 0 Å². The number of rotatable bonds is 5. The van der Waals surface area contributed by atoms with Crippen LogP contribution in [0.5, 0.6) is 0 Å². The van der Waals surface area contributed by atoms with Gasteiger partial charge < -0.3 is 5.73 Å². The van der Waals surface area contributed by atoms with Crippen LogP contribution in [0, 0.1) is 6.92 Å². The van der Waals surface area contributed by atoms with E-state index in [0.717, 1.165) is 27.5 Å². The Hall–Kier alpha value is -2.44. The van der Waals surface area contributed by atoms with Crippen LogP contribution in [0.25, 0.3) is 10.4 Å². The molecule has 0 fully saturated rings. The van der Waals surface area contributed by atoms with E-state index in [1.807, 2.05) is 43.3 Å². The molecule has 3 aromatic rings. The van der Waals surface area contributed by atoms with Gasteiger partial charge in [-0.25, -0.2) is 0 Å². The van der Waals surface area contributed by atoms with Crippen LogP contribution in [-0.4, -0.2) is 15.8 Å². The Morgan fingerprint density at radius 2 is 1.92 bits per heavy atom. The zero-order chi connectivity index (χ0) is 17.5. The lowest BCUT2D eigenvalue weighted by atomic mass is 10.1. The highest BCUT2D eigenvalue weighted by molar-refractivity contribution is 8.13. The molecule has 0 aliphatic carbocycles. The third-order valence-electron chi connectivity index (χ3n) is 3.44. The summed E-state index contributed by atoms with van der Waals surface area (Å²) in [5, 5.41) is 8.69. The second-order valence-electron chi connectivity index (χ2n) is 5.38. The number of thioether (sulfide) groups is 1. The molecule has 0 atom stereocenters. The second-order valence-corrected chi connectivity index (χ2v) is 7.18. The van der Waals surface area contributed by atoms with Crippen molar-refractivity contribution in [2.45, 2.75) is 12.7 Å². The number of benzene rings is 2. The molecule has 0 saturated carbocycles. The number of hydrogen-bond acceptors (Lipinski definition) is 5. The van der Waals surface area contributed by atoms with Gasteiger partial charge in [-0.05, 0) is 30.1 Å². The average Bonchev–Trinajstić information content (AvgIpc) is 3.07. The SMILES string of the molecule is Cc1cc(-c2ccccc2C=NN=C(N)SCc2ccccc2)sn1. The normalized spacial score (nSPS) is 12.0. The summed E-state index contributed by atoms with van der Waals surface area (Å²) in [5.41, 5.74) is 10.3. The summed E-state index contributed by atoms with van der Waals surface area (Å²) >= 11 is 2.96. The highest BCUT2D eigenvalue weighted by atomic mass is 32.2. The van der Waals surface area contributed by atoms with Gasteiger partial charge in [0.15, 0.2) is 5.17 Å². The summed E-state index contributed by atoms with van der Waals surface area (Å²) in [7, 11) is 0. The molecule has 3 rings (SSSR count). The number of hydrogen-bond donors (Lipinski definition) is 1. The Labute approximate surface area is 155 Å². The largest absolute Gasteiger partial charge is 0.377 e. The molecule has 0 amide bonds. The van der Waals surface area contributed by atoms with Crippen LogP contribution in [0.2, 0.25) is 0 Å². The fourth-order valence-corrected chi connectivity index (χ4v) is 3.65. The first-order valence-electron chi connectivity index (χ1n) is 7.78. The van der Waals surface area contributed by atoms with Crippen LogP contribution < -0.4 is 5.73 Å². The minimum absolute atomic E-state index is 0.450. The summed E-state index contributed by atoms with van der Waals surface area (Å²) < 4.78 is 4.34. The molecule has 0 aliphatic heterocycles. The van der Waals surface area contributed by atoms with E-state index in [-0.39, 0.29) is 0 Å². The molecule has 126 valence electrons. The van der Waals surface area contributed by atoms with Crippen molar-refractivity contribution in [3.8, 4) is 10.4 Å². The average molecular weight is 367 g/mol. The molecule has 1 heterocycles. The van der Waals surface area contributed by atoms with Crippen LogP contribution in [-0.2, 0) is 5.75 Å². The van der Waals surface area contributed by atoms with E-state index in [2.05, 4.69) is 38.8 Å². The third kappa shape index (κ3) is 5.01. The monoisotopic (exact) mass is 366 g/mol. The lowest BCUT2D eigenvalue weighted by molar-refractivity contribution is 1.25. The van der Waals surface area contributed by atoms with Crippen molar-refractivity contribution in [3.63, 3.8) is 0 Å². The number of aromatic nitrogens is 1. The molecule has 0 radical (unpaired) electrons. The van der Waals surface area contributed by atoms with E-state index in [1.165, 1.54) is 28.9 Å². The fraction of sp³-hybridized carbons (Fsp3) is 0.105. The van der Waals surface area contributed by atoms with E-state index < -0.39 is 0 Å². The maximum atomic E-state index is 5.93. The van der Waals surface area contributed by atoms with Crippen molar-refractivity contribution < 1.29 is 0 Å². The minimum atomic E-state index is 0.450. The van der Waals surface area contributed by atoms with Gasteiger partial charge in [0.25, 0.3) is 0 Å². The number of aryl methyl sites for hydroxylation is 1. The van der Waals surface area contributed by atoms with E-state index in [1.54, 1.807) is 6.21 Å². The molecular weight excluding hydrogens is 348 g/mol. The molecule has 4 nitrogen and oxygen atoms in total. The molecule has 0 saturated heterocycles. The van der Waals surface area contributed by atoms with Gasteiger partial charge in [-0.1, -0.05) is 66.4 Å². The third-order valence-corrected chi connectivity index (χ3v) is 5.21. The molecule has 2 N–H and O–H groups in total. The van der Waals surface area contributed by atoms with Crippen molar-refractivity contribution in [1.82, 2.24) is 4.37 Å². The van der Waals surface area contributed by atoms with Crippen LogP contribution in [0.15, 0.2) is 70.9 Å². The van der Waals surface area contributed by atoms with Crippen LogP contribution in [0.1, 0.15) is 16.8 Å². The fourth-order valence-electron chi connectivity index (χ4n) is 2.23. The van der Waals surface area contributed by atoms with Gasteiger partial charge >= 0.3 is 0 Å². The van der Waals surface area contributed by atoms with Crippen molar-refractivity contribution in [2.75, 3.05) is 0 Å². The molecular formula is C19H18N4S2. The van der Waals surface area contributed by atoms with Crippen molar-refractivity contribution >= 4 is 34.7 Å². The van der Waals surface area contributed by atoms with Gasteiger partial charge in [0.2, 0.25) is 0 Å². The first-order chi connectivity index (χ1) is 12.2. The Kier molecular flexibility index (Phi) is 5.98. The van der Waals surface area contributed by atoms with Gasteiger partial charge in [-0.3, -0.25) is 0 Å². The van der Waals surface area contributed by atoms with E-state index >= 15 is 0 Å². The van der Waals surface area contributed by atoms with Crippen LogP contribution >= 0.6 is 23.3 Å². The summed E-state index contributed by atoms with van der Waals surface area (Å²) in [6, 6.07) is 20.3. The smallest absolute Gasteiger partial charge is 0.180 e. The maximum absolute atomic E-state index is 5.93. The van der Waals surface area contributed by atoms with Gasteiger partial charge in [0, 0.05) is 16.9 Å². The van der Waals surface area contributed by atoms with E-state index in [4.69, 9.17) is 5.73 Å². The Morgan fingerprint density at radius 3 is 2.68 bits per heavy atom. The molecule has 6 heteroatoms. The lowest BCUT2D eigenvalue weighted by Gasteiger charge is -2.01. The van der Waals surface area contributed by atoms with Gasteiger partial charge in [0.1, 0.15) is 0 Å². The van der Waals surface area contributed by atoms with Crippen molar-refractivity contribution in [2.24, 2.45) is 15.9 Å². The predicted molar refractivity (Wildman–Crippen MR) is 109 cm³/mol. The standard InChI is InChI=1S/C19H18N4S2/c1-14-11-18(25-23-14)17-10-6-5-9-16(17)12-21-22-19(20)24-13-15-7-3-2-4-8-15/h2-12H,13H2,1H3,(H2,20,22). The first kappa shape index (κ1) is 17.4. The molecule has 1 aromatic heterocycles. The van der Waals surface area contributed by atoms with E-state index in [0.29, 0.717) is 5.17 Å². The zero-order valence-corrected chi connectivity index (χ0v) is 15.4. The summed E-state index contributed by atoms with van der Waals surface area (Å²) in [6.07, 6.45) is 1.74. The highest BCUT2D eigenvalue weighted by Gasteiger charge is 2.06. The first-order valence-corrected chi connectivity index (χ1v) is 9.54. The highest BCUT2D eigenvalue weighted by Crippen LogP contribution is 2.27. The molecule has 0 aliphatic rings. The molecule has 2 aromatic carbocycles. The Balaban J connectivity index is 1.67. The molecule has 0 unspecified atom stereocenters. The maximum Gasteiger partial charge on any atom is 0.180 e. The summed E-state index contributed by atoms with van der Waals surface area (Å²) in [4.78, 5) is 1.12. The van der Waals surface area contributed by atoms with Crippen molar-refractivity contribution in [3.05, 3.63) is 77.5 Å². The topological polar surface area (TPSA) is 63.6 Å². The van der Waals surface area contributed by atoms with Gasteiger partial charge in [-0.15, -0.1) is 5.10 Å². The minimum Gasteiger partial charge on any atom is -0.377 e. The van der Waals surface area contributed by atoms with Crippen molar-refractivity contribution in [1.29, 1.82) is 0 Å². The number of amidine groups is 1. The van der Waals surface area contributed by atoms with Crippen LogP contribution in [0.4, 0.5) is 0 Å². The van der Waals surface area contributed by atoms with Gasteiger partial charge in [0.05, 0.1) is 16.8 Å². The zero-order valence-electron chi connectivity index (χ0n) is 13.8.